The Morgan fingerprint density at radius 1 is 1.25 bits per heavy atom. The first kappa shape index (κ1) is 13.7. The van der Waals surface area contributed by atoms with Gasteiger partial charge in [0.15, 0.2) is 0 Å². The summed E-state index contributed by atoms with van der Waals surface area (Å²) in [6.45, 7) is 4.10. The molecule has 2 heteroatoms. The summed E-state index contributed by atoms with van der Waals surface area (Å²) >= 11 is 3.44. The van der Waals surface area contributed by atoms with Gasteiger partial charge in [-0.25, -0.2) is 0 Å². The van der Waals surface area contributed by atoms with Crippen molar-refractivity contribution in [1.82, 2.24) is 0 Å². The molecule has 0 bridgehead atoms. The highest BCUT2D eigenvalue weighted by Gasteiger charge is 2.22. The van der Waals surface area contributed by atoms with Gasteiger partial charge in [0.25, 0.3) is 0 Å². The summed E-state index contributed by atoms with van der Waals surface area (Å²) in [4.78, 5) is 0. The molecule has 16 heavy (non-hydrogen) atoms. The molecule has 0 amide bonds. The van der Waals surface area contributed by atoms with Crippen molar-refractivity contribution in [3.05, 3.63) is 34.3 Å². The molecule has 0 aromatic heterocycles. The topological polar surface area (TPSA) is 20.2 Å². The second kappa shape index (κ2) is 6.41. The molecule has 1 atom stereocenters. The van der Waals surface area contributed by atoms with Crippen LogP contribution in [0.5, 0.6) is 0 Å². The third kappa shape index (κ3) is 4.26. The minimum atomic E-state index is -0.697. The summed E-state index contributed by atoms with van der Waals surface area (Å²) in [6, 6.07) is 7.95. The Labute approximate surface area is 107 Å². The Balaban J connectivity index is 2.55. The van der Waals surface area contributed by atoms with Crippen LogP contribution in [-0.4, -0.2) is 5.11 Å². The first-order valence-electron chi connectivity index (χ1n) is 6.04. The molecule has 1 aromatic carbocycles. The molecule has 0 fully saturated rings. The number of benzene rings is 1. The minimum Gasteiger partial charge on any atom is -0.385 e. The SMILES string of the molecule is CCCCCCC(C)(O)c1cccc(Br)c1. The molecular formula is C14H21BrO. The normalized spacial score (nSPS) is 14.8. The first-order chi connectivity index (χ1) is 7.56. The zero-order valence-corrected chi connectivity index (χ0v) is 11.8. The molecule has 0 aliphatic rings. The van der Waals surface area contributed by atoms with E-state index in [1.807, 2.05) is 31.2 Å². The Hall–Kier alpha value is -0.340. The van der Waals surface area contributed by atoms with Crippen molar-refractivity contribution < 1.29 is 5.11 Å². The fraction of sp³-hybridized carbons (Fsp3) is 0.571. The van der Waals surface area contributed by atoms with Gasteiger partial charge in [0.1, 0.15) is 0 Å². The van der Waals surface area contributed by atoms with Gasteiger partial charge in [-0.2, -0.15) is 0 Å². The largest absolute Gasteiger partial charge is 0.385 e. The Morgan fingerprint density at radius 3 is 2.62 bits per heavy atom. The van der Waals surface area contributed by atoms with Crippen LogP contribution >= 0.6 is 15.9 Å². The first-order valence-corrected chi connectivity index (χ1v) is 6.84. The predicted molar refractivity (Wildman–Crippen MR) is 72.5 cm³/mol. The smallest absolute Gasteiger partial charge is 0.0868 e. The summed E-state index contributed by atoms with van der Waals surface area (Å²) in [5.74, 6) is 0. The van der Waals surface area contributed by atoms with Crippen LogP contribution in [0.25, 0.3) is 0 Å². The van der Waals surface area contributed by atoms with Crippen LogP contribution in [0, 0.1) is 0 Å². The molecular weight excluding hydrogens is 264 g/mol. The number of unbranched alkanes of at least 4 members (excludes halogenated alkanes) is 3. The molecule has 0 aliphatic carbocycles. The fourth-order valence-corrected chi connectivity index (χ4v) is 2.26. The van der Waals surface area contributed by atoms with E-state index in [0.717, 1.165) is 22.9 Å². The van der Waals surface area contributed by atoms with E-state index in [1.165, 1.54) is 19.3 Å². The van der Waals surface area contributed by atoms with Crippen molar-refractivity contribution in [3.8, 4) is 0 Å². The fourth-order valence-electron chi connectivity index (χ4n) is 1.86. The Bertz CT molecular complexity index is 320. The van der Waals surface area contributed by atoms with Gasteiger partial charge in [-0.3, -0.25) is 0 Å². The standard InChI is InChI=1S/C14H21BrO/c1-3-4-5-6-10-14(2,16)12-8-7-9-13(15)11-12/h7-9,11,16H,3-6,10H2,1-2H3. The van der Waals surface area contributed by atoms with Gasteiger partial charge in [-0.1, -0.05) is 60.7 Å². The third-order valence-electron chi connectivity index (χ3n) is 2.96. The Morgan fingerprint density at radius 2 is 2.00 bits per heavy atom. The number of hydrogen-bond acceptors (Lipinski definition) is 1. The monoisotopic (exact) mass is 284 g/mol. The van der Waals surface area contributed by atoms with E-state index < -0.39 is 5.60 Å². The molecule has 1 N–H and O–H groups in total. The lowest BCUT2D eigenvalue weighted by Crippen LogP contribution is -2.20. The van der Waals surface area contributed by atoms with Gasteiger partial charge in [-0.05, 0) is 31.0 Å². The number of aliphatic hydroxyl groups is 1. The third-order valence-corrected chi connectivity index (χ3v) is 3.46. The number of halogens is 1. The summed E-state index contributed by atoms with van der Waals surface area (Å²) < 4.78 is 1.03. The second-order valence-corrected chi connectivity index (χ2v) is 5.51. The van der Waals surface area contributed by atoms with Crippen LogP contribution in [0.15, 0.2) is 28.7 Å². The lowest BCUT2D eigenvalue weighted by molar-refractivity contribution is 0.0448. The predicted octanol–water partition coefficient (Wildman–Crippen LogP) is 4.63. The quantitative estimate of drug-likeness (QED) is 0.756. The highest BCUT2D eigenvalue weighted by Crippen LogP contribution is 2.28. The molecule has 0 aliphatic heterocycles. The Kier molecular flexibility index (Phi) is 5.50. The van der Waals surface area contributed by atoms with Crippen molar-refractivity contribution in [3.63, 3.8) is 0 Å². The summed E-state index contributed by atoms with van der Waals surface area (Å²) in [5, 5.41) is 10.4. The number of rotatable bonds is 6. The molecule has 90 valence electrons. The van der Waals surface area contributed by atoms with Crippen LogP contribution in [-0.2, 0) is 5.60 Å². The molecule has 0 saturated carbocycles. The van der Waals surface area contributed by atoms with Crippen molar-refractivity contribution in [2.45, 2.75) is 51.6 Å². The van der Waals surface area contributed by atoms with Gasteiger partial charge in [-0.15, -0.1) is 0 Å². The van der Waals surface area contributed by atoms with E-state index in [1.54, 1.807) is 0 Å². The van der Waals surface area contributed by atoms with Gasteiger partial charge in [0, 0.05) is 4.47 Å². The molecule has 1 rings (SSSR count). The van der Waals surface area contributed by atoms with E-state index in [4.69, 9.17) is 0 Å². The van der Waals surface area contributed by atoms with Gasteiger partial charge in [0.05, 0.1) is 5.60 Å². The summed E-state index contributed by atoms with van der Waals surface area (Å²) in [5.41, 5.74) is 0.302. The van der Waals surface area contributed by atoms with Crippen LogP contribution in [0.1, 0.15) is 51.5 Å². The van der Waals surface area contributed by atoms with Crippen molar-refractivity contribution in [2.75, 3.05) is 0 Å². The van der Waals surface area contributed by atoms with Crippen molar-refractivity contribution in [2.24, 2.45) is 0 Å². The van der Waals surface area contributed by atoms with E-state index >= 15 is 0 Å². The molecule has 0 heterocycles. The van der Waals surface area contributed by atoms with Crippen LogP contribution in [0.4, 0.5) is 0 Å². The van der Waals surface area contributed by atoms with E-state index in [-0.39, 0.29) is 0 Å². The van der Waals surface area contributed by atoms with Crippen LogP contribution in [0.2, 0.25) is 0 Å². The average molecular weight is 285 g/mol. The molecule has 0 saturated heterocycles. The van der Waals surface area contributed by atoms with Crippen LogP contribution in [0.3, 0.4) is 0 Å². The zero-order valence-electron chi connectivity index (χ0n) is 10.2. The minimum absolute atomic E-state index is 0.697. The van der Waals surface area contributed by atoms with Crippen molar-refractivity contribution >= 4 is 15.9 Å². The average Bonchev–Trinajstić information content (AvgIpc) is 2.24. The highest BCUT2D eigenvalue weighted by atomic mass is 79.9. The molecule has 1 aromatic rings. The van der Waals surface area contributed by atoms with Gasteiger partial charge >= 0.3 is 0 Å². The molecule has 0 radical (unpaired) electrons. The second-order valence-electron chi connectivity index (χ2n) is 4.59. The maximum atomic E-state index is 10.4. The van der Waals surface area contributed by atoms with E-state index in [2.05, 4.69) is 22.9 Å². The molecule has 1 nitrogen and oxygen atoms in total. The van der Waals surface area contributed by atoms with Gasteiger partial charge in [0.2, 0.25) is 0 Å². The zero-order chi connectivity index (χ0) is 12.0. The maximum Gasteiger partial charge on any atom is 0.0868 e. The molecule has 1 unspecified atom stereocenters. The molecule has 0 spiro atoms. The maximum absolute atomic E-state index is 10.4. The highest BCUT2D eigenvalue weighted by molar-refractivity contribution is 9.10. The lowest BCUT2D eigenvalue weighted by Gasteiger charge is -2.24. The van der Waals surface area contributed by atoms with Gasteiger partial charge < -0.3 is 5.11 Å². The van der Waals surface area contributed by atoms with E-state index in [0.29, 0.717) is 0 Å². The van der Waals surface area contributed by atoms with E-state index in [9.17, 15) is 5.11 Å². The van der Waals surface area contributed by atoms with Crippen molar-refractivity contribution in [1.29, 1.82) is 0 Å². The lowest BCUT2D eigenvalue weighted by atomic mass is 9.90. The summed E-state index contributed by atoms with van der Waals surface area (Å²) in [7, 11) is 0. The number of hydrogen-bond donors (Lipinski definition) is 1. The summed E-state index contributed by atoms with van der Waals surface area (Å²) in [6.07, 6.45) is 5.63. The van der Waals surface area contributed by atoms with Crippen LogP contribution < -0.4 is 0 Å².